The molecule has 2 aliphatic rings. The van der Waals surface area contributed by atoms with E-state index in [4.69, 9.17) is 95.1 Å². The van der Waals surface area contributed by atoms with E-state index in [0.717, 1.165) is 29.5 Å². The lowest BCUT2D eigenvalue weighted by Gasteiger charge is -2.37. The molecule has 2 fully saturated rings. The molecule has 2 aliphatic heterocycles. The van der Waals surface area contributed by atoms with Crippen molar-refractivity contribution in [2.45, 2.75) is 72.3 Å². The van der Waals surface area contributed by atoms with Crippen molar-refractivity contribution in [3.05, 3.63) is 248 Å². The van der Waals surface area contributed by atoms with Crippen molar-refractivity contribution in [3.8, 4) is 11.3 Å². The lowest BCUT2D eigenvalue weighted by atomic mass is 8.44. The summed E-state index contributed by atoms with van der Waals surface area (Å²) in [5.74, 6) is -2.05. The number of hydrogen-bond donors (Lipinski definition) is 4. The first-order valence-electron chi connectivity index (χ1n) is 31.4. The van der Waals surface area contributed by atoms with Crippen LogP contribution in [0, 0.1) is 5.53 Å². The minimum absolute atomic E-state index is 0. The number of carbonyl (C=O) groups excluding carboxylic acids is 6. The fraction of sp³-hybridized carbons (Fsp3) is 0.254. The topological polar surface area (TPSA) is 260 Å². The molecule has 2 atom stereocenters. The first-order chi connectivity index (χ1) is 48.5. The van der Waals surface area contributed by atoms with E-state index in [1.807, 2.05) is 91.0 Å². The number of hydrogen-bond acceptors (Lipinski definition) is 12. The summed E-state index contributed by atoms with van der Waals surface area (Å²) >= 11 is 0. The first-order valence-corrected chi connectivity index (χ1v) is 31.4. The number of urea groups is 1. The van der Waals surface area contributed by atoms with E-state index in [-0.39, 0.29) is 57.7 Å². The number of rotatable bonds is 19. The number of carbonyl (C=O) groups is 6. The molecular formula is C67H65B16N8O11+. The standard InChI is InChI=1S/C25H27N3O5.C16H4.C14H19N3O3.C11H11N2O3.CH4.B16/c1-2-32-23(29)21-22(19-12-7-4-8-13-19)28(24(30)26-21)20-14-9-15-27(16-20)25(31)33-17-18-10-5-3-6-11-18;1-3-5-7-9-11-13-15-16-14-12-10-8-6-4-2;15-13(18)16-12-7-4-8-17(9-12)14(19)20-10-11-5-2-1-3-6-11;1-2-16-11(15)9(13-12)10(14)8-6-4-3-5-7-8;;1-10(2)14(9)16(13(7)8)15(11(3)4)12(5)6/h3-8,10-13,20H,2,9,14-17H2,1H3,(H,26,30);1-2H2;1-3,5-6,12H,4,7-10H2,(H3,15,16,18);3-7,12H,2H2,1H3;1H4;/q;;;+1;;. The van der Waals surface area contributed by atoms with E-state index in [1.165, 1.54) is 0 Å². The molecule has 5 N–H and O–H groups in total. The maximum absolute atomic E-state index is 13.0. The molecule has 0 aliphatic carbocycles. The number of Topliss-reactive ketones (excluding diaryl/α,β-unsaturated/α-hetero) is 1. The number of nitrogens with two attached hydrogens (primary N) is 1. The molecule has 102 heavy (non-hydrogen) atoms. The quantitative estimate of drug-likeness (QED) is 0.0105. The summed E-state index contributed by atoms with van der Waals surface area (Å²) in [5, 5.41) is 2.63. The molecular weight excluding hydrogens is 1270 g/mol. The van der Waals surface area contributed by atoms with Crippen LogP contribution in [0.3, 0.4) is 0 Å². The van der Waals surface area contributed by atoms with Gasteiger partial charge in [-0.1, -0.05) is 140 Å². The molecule has 486 valence electrons. The minimum Gasteiger partial charge on any atom is -0.461 e. The number of benzene rings is 4. The van der Waals surface area contributed by atoms with E-state index >= 15 is 0 Å². The molecule has 0 spiro atoms. The number of nitrogens with one attached hydrogen (secondary N) is 3. The number of aromatic amines is 1. The maximum atomic E-state index is 13.0. The van der Waals surface area contributed by atoms with E-state index in [1.54, 1.807) is 58.5 Å². The van der Waals surface area contributed by atoms with Gasteiger partial charge < -0.3 is 39.8 Å². The van der Waals surface area contributed by atoms with Crippen molar-refractivity contribution in [2.24, 2.45) is 5.73 Å². The highest BCUT2D eigenvalue weighted by Crippen LogP contribution is 2.30. The van der Waals surface area contributed by atoms with Crippen LogP contribution in [0.2, 0.25) is 0 Å². The summed E-state index contributed by atoms with van der Waals surface area (Å²) in [6.07, 6.45) is -2.74. The zero-order chi connectivity index (χ0) is 74.5. The molecule has 2 unspecified atom stereocenters. The van der Waals surface area contributed by atoms with Crippen LogP contribution >= 0.6 is 0 Å². The number of aromatic nitrogens is 2. The molecule has 0 bridgehead atoms. The number of amides is 4. The van der Waals surface area contributed by atoms with Crippen LogP contribution in [-0.2, 0) is 37.0 Å². The van der Waals surface area contributed by atoms with Gasteiger partial charge >= 0.3 is 41.6 Å². The van der Waals surface area contributed by atoms with E-state index in [0.29, 0.717) is 50.3 Å². The van der Waals surface area contributed by atoms with Gasteiger partial charge in [-0.25, -0.2) is 28.8 Å². The fourth-order valence-electron chi connectivity index (χ4n) is 9.75. The molecule has 0 saturated carbocycles. The number of primary amides is 1. The molecule has 7 rings (SSSR count). The van der Waals surface area contributed by atoms with Crippen molar-refractivity contribution in [3.63, 3.8) is 0 Å². The summed E-state index contributed by atoms with van der Waals surface area (Å²) in [6.45, 7) is 12.6. The second-order valence-corrected chi connectivity index (χ2v) is 21.5. The lowest BCUT2D eigenvalue weighted by Crippen LogP contribution is -2.75. The lowest BCUT2D eigenvalue weighted by molar-refractivity contribution is -0.151. The van der Waals surface area contributed by atoms with Crippen LogP contribution < -0.4 is 16.7 Å². The smallest absolute Gasteiger partial charge is 0.461 e. The van der Waals surface area contributed by atoms with Crippen molar-refractivity contribution < 1.29 is 52.5 Å². The molecule has 4 amide bonds. The number of esters is 2. The average molecular weight is 1330 g/mol. The molecule has 1 aromatic heterocycles. The summed E-state index contributed by atoms with van der Waals surface area (Å²) in [7, 11) is 50.4. The number of ether oxygens (including phenoxy) is 4. The van der Waals surface area contributed by atoms with Crippen LogP contribution in [0.4, 0.5) is 14.4 Å². The van der Waals surface area contributed by atoms with E-state index < -0.39 is 85.9 Å². The Morgan fingerprint density at radius 2 is 1.01 bits per heavy atom. The highest BCUT2D eigenvalue weighted by molar-refractivity contribution is 8.13. The molecule has 5 aromatic rings. The van der Waals surface area contributed by atoms with Crippen LogP contribution in [0.5, 0.6) is 0 Å². The third kappa shape index (κ3) is 31.7. The number of H-pyrrole nitrogens is 1. The molecule has 2 saturated heterocycles. The normalized spacial score (nSPS) is 12.1. The average Bonchev–Trinajstić information content (AvgIpc) is 1.61. The third-order valence-electron chi connectivity index (χ3n) is 14.3. The monoisotopic (exact) mass is 1330 g/mol. The van der Waals surface area contributed by atoms with Gasteiger partial charge in [0.2, 0.25) is 0 Å². The van der Waals surface area contributed by atoms with Gasteiger partial charge in [0.25, 0.3) is 5.78 Å². The second-order valence-electron chi connectivity index (χ2n) is 21.5. The first kappa shape index (κ1) is 87.5. The van der Waals surface area contributed by atoms with E-state index in [2.05, 4.69) is 113 Å². The Morgan fingerprint density at radius 1 is 0.588 bits per heavy atom. The molecule has 4 aromatic carbocycles. The molecule has 18 radical (unpaired) electrons. The van der Waals surface area contributed by atoms with Gasteiger partial charge in [-0.3, -0.25) is 14.3 Å². The van der Waals surface area contributed by atoms with Crippen molar-refractivity contribution >= 4 is 156 Å². The summed E-state index contributed by atoms with van der Waals surface area (Å²) in [6, 6.07) is 35.5. The van der Waals surface area contributed by atoms with Gasteiger partial charge in [0.1, 0.15) is 13.2 Å². The van der Waals surface area contributed by atoms with Crippen molar-refractivity contribution in [2.75, 3.05) is 39.4 Å². The number of piperidine rings is 2. The van der Waals surface area contributed by atoms with Gasteiger partial charge in [-0.15, -0.1) is 0 Å². The maximum Gasteiger partial charge on any atom is 0.495 e. The largest absolute Gasteiger partial charge is 0.495 e. The second kappa shape index (κ2) is 49.8. The Morgan fingerprint density at radius 3 is 1.42 bits per heavy atom. The van der Waals surface area contributed by atoms with Gasteiger partial charge in [0.15, 0.2) is 5.69 Å². The number of imidazole rings is 1. The highest BCUT2D eigenvalue weighted by Gasteiger charge is 2.39. The predicted octanol–water partition coefficient (Wildman–Crippen LogP) is 4.08. The molecule has 35 heteroatoms. The zero-order valence-electron chi connectivity index (χ0n) is 56.2. The fourth-order valence-corrected chi connectivity index (χ4v) is 9.75. The summed E-state index contributed by atoms with van der Waals surface area (Å²) in [4.78, 5) is 93.0. The number of ketones is 1. The number of likely N-dealkylation sites (tertiary alicyclic amines) is 2. The van der Waals surface area contributed by atoms with Crippen LogP contribution in [0.25, 0.3) is 11.3 Å². The Balaban J connectivity index is 0.000000451. The Bertz CT molecular complexity index is 4180. The van der Waals surface area contributed by atoms with Gasteiger partial charge in [0, 0.05) is 158 Å². The van der Waals surface area contributed by atoms with Gasteiger partial charge in [-0.2, -0.15) is 0 Å². The summed E-state index contributed by atoms with van der Waals surface area (Å²) in [5.41, 5.74) is 48.9. The van der Waals surface area contributed by atoms with Crippen LogP contribution in [0.1, 0.15) is 85.0 Å². The minimum atomic E-state index is -0.869. The SMILES string of the molecule is C.C=C=C=C=C=C=C=C=C=C=C=C=C=C=C=C.CCOC(=O)C(=[N+]=N)C(=O)c1ccccc1.CCOC(=O)c1[nH]c(=O)n(C2CCCN(C(=O)OCc3ccccc3)C2)c1-c1ccccc1.NC(=O)NC1CCCN(C(=O)OCc2ccccc2)C1.[B]B([B])B([B])B(B([B])[B])B(B([B])[B])B([B])[B]. The molecule has 19 nitrogen and oxygen atoms in total. The third-order valence-corrected chi connectivity index (χ3v) is 14.3. The summed E-state index contributed by atoms with van der Waals surface area (Å²) < 4.78 is 22.1. The number of nitrogens with zero attached hydrogens (tertiary/aromatic N) is 4. The highest BCUT2D eigenvalue weighted by atomic mass is 16.6. The van der Waals surface area contributed by atoms with E-state index in [9.17, 15) is 33.6 Å². The van der Waals surface area contributed by atoms with Gasteiger partial charge in [0.05, 0.1) is 35.3 Å². The Labute approximate surface area is 611 Å². The van der Waals surface area contributed by atoms with Gasteiger partial charge in [-0.05, 0) is 133 Å². The van der Waals surface area contributed by atoms with Crippen molar-refractivity contribution in [1.82, 2.24) is 24.7 Å². The van der Waals surface area contributed by atoms with Crippen LogP contribution in [0.15, 0.2) is 220 Å². The molecule has 3 heterocycles. The van der Waals surface area contributed by atoms with Crippen LogP contribution in [-0.4, -0.2) is 226 Å². The predicted molar refractivity (Wildman–Crippen MR) is 411 cm³/mol. The van der Waals surface area contributed by atoms with Crippen molar-refractivity contribution in [1.29, 1.82) is 5.53 Å². The Kier molecular flexibility index (Phi) is 42.7. The zero-order valence-corrected chi connectivity index (χ0v) is 56.2. The Hall–Kier alpha value is -10.6.